The smallest absolute Gasteiger partial charge is 0.110 e. The summed E-state index contributed by atoms with van der Waals surface area (Å²) in [5, 5.41) is 13.1. The molecule has 1 atom stereocenters. The molecular weight excluding hydrogens is 256 g/mol. The molecule has 2 heterocycles. The Kier molecular flexibility index (Phi) is 4.08. The van der Waals surface area contributed by atoms with E-state index < -0.39 is 5.60 Å². The van der Waals surface area contributed by atoms with Crippen LogP contribution in [0.25, 0.3) is 0 Å². The molecule has 0 aliphatic carbocycles. The summed E-state index contributed by atoms with van der Waals surface area (Å²) in [6, 6.07) is 0.327. The van der Waals surface area contributed by atoms with E-state index in [0.29, 0.717) is 11.9 Å². The number of hydrogen-bond donors (Lipinski definition) is 1. The number of aromatic nitrogens is 1. The van der Waals surface area contributed by atoms with Crippen LogP contribution in [0.1, 0.15) is 43.4 Å². The van der Waals surface area contributed by atoms with Crippen LogP contribution >= 0.6 is 22.9 Å². The van der Waals surface area contributed by atoms with Gasteiger partial charge in [0.05, 0.1) is 23.2 Å². The normalized spacial score (nSPS) is 22.6. The number of piperidine rings is 1. The number of aliphatic hydroxyl groups is 1. The minimum absolute atomic E-state index is 0.327. The van der Waals surface area contributed by atoms with E-state index in [-0.39, 0.29) is 0 Å². The fourth-order valence-electron chi connectivity index (χ4n) is 2.13. The number of thiazole rings is 1. The van der Waals surface area contributed by atoms with Crippen molar-refractivity contribution in [2.75, 3.05) is 13.1 Å². The second kappa shape index (κ2) is 5.22. The van der Waals surface area contributed by atoms with Gasteiger partial charge in [0, 0.05) is 18.5 Å². The Balaban J connectivity index is 1.98. The van der Waals surface area contributed by atoms with Crippen molar-refractivity contribution in [3.05, 3.63) is 16.1 Å². The Labute approximate surface area is 111 Å². The van der Waals surface area contributed by atoms with Crippen molar-refractivity contribution in [2.45, 2.75) is 44.2 Å². The van der Waals surface area contributed by atoms with Gasteiger partial charge in [-0.3, -0.25) is 4.90 Å². The molecule has 0 bridgehead atoms. The molecule has 0 amide bonds. The van der Waals surface area contributed by atoms with Gasteiger partial charge in [-0.15, -0.1) is 22.9 Å². The van der Waals surface area contributed by atoms with Crippen molar-refractivity contribution < 1.29 is 5.11 Å². The summed E-state index contributed by atoms with van der Waals surface area (Å²) < 4.78 is 0. The Hall–Kier alpha value is -0.160. The van der Waals surface area contributed by atoms with Crippen molar-refractivity contribution >= 4 is 22.9 Å². The summed E-state index contributed by atoms with van der Waals surface area (Å²) in [5.74, 6) is 0.484. The maximum Gasteiger partial charge on any atom is 0.110 e. The van der Waals surface area contributed by atoms with Gasteiger partial charge < -0.3 is 5.11 Å². The van der Waals surface area contributed by atoms with Gasteiger partial charge >= 0.3 is 0 Å². The molecule has 0 saturated carbocycles. The van der Waals surface area contributed by atoms with Crippen molar-refractivity contribution in [1.82, 2.24) is 9.88 Å². The van der Waals surface area contributed by atoms with Gasteiger partial charge in [0.25, 0.3) is 0 Å². The van der Waals surface area contributed by atoms with Crippen LogP contribution in [0.15, 0.2) is 5.38 Å². The predicted molar refractivity (Wildman–Crippen MR) is 71.5 cm³/mol. The molecule has 17 heavy (non-hydrogen) atoms. The van der Waals surface area contributed by atoms with E-state index in [1.165, 1.54) is 0 Å². The van der Waals surface area contributed by atoms with Crippen LogP contribution in [-0.4, -0.2) is 33.7 Å². The summed E-state index contributed by atoms with van der Waals surface area (Å²) in [6.07, 6.45) is 1.68. The van der Waals surface area contributed by atoms with Gasteiger partial charge in [-0.2, -0.15) is 0 Å². The first-order chi connectivity index (χ1) is 8.02. The van der Waals surface area contributed by atoms with Crippen LogP contribution < -0.4 is 0 Å². The van der Waals surface area contributed by atoms with Crippen LogP contribution in [0, 0.1) is 0 Å². The zero-order valence-corrected chi connectivity index (χ0v) is 11.9. The van der Waals surface area contributed by atoms with Gasteiger partial charge in [-0.05, 0) is 26.7 Å². The monoisotopic (exact) mass is 274 g/mol. The molecule has 3 nitrogen and oxygen atoms in total. The first kappa shape index (κ1) is 13.3. The molecule has 1 aromatic heterocycles. The highest BCUT2D eigenvalue weighted by atomic mass is 35.5. The largest absolute Gasteiger partial charge is 0.390 e. The topological polar surface area (TPSA) is 36.4 Å². The van der Waals surface area contributed by atoms with Crippen molar-refractivity contribution in [2.24, 2.45) is 0 Å². The summed E-state index contributed by atoms with van der Waals surface area (Å²) >= 11 is 7.44. The zero-order chi connectivity index (χ0) is 12.5. The Morgan fingerprint density at radius 2 is 2.24 bits per heavy atom. The number of rotatable bonds is 3. The fourth-order valence-corrected chi connectivity index (χ4v) is 3.26. The van der Waals surface area contributed by atoms with E-state index in [9.17, 15) is 5.11 Å². The minimum atomic E-state index is -0.486. The molecule has 1 aliphatic rings. The number of halogens is 1. The van der Waals surface area contributed by atoms with Crippen LogP contribution in [0.5, 0.6) is 0 Å². The molecule has 1 unspecified atom stereocenters. The Morgan fingerprint density at radius 3 is 2.76 bits per heavy atom. The van der Waals surface area contributed by atoms with Gasteiger partial charge in [-0.1, -0.05) is 0 Å². The van der Waals surface area contributed by atoms with Crippen LogP contribution in [-0.2, 0) is 5.88 Å². The molecule has 1 aromatic rings. The molecule has 5 heteroatoms. The molecule has 1 saturated heterocycles. The third kappa shape index (κ3) is 3.19. The third-order valence-electron chi connectivity index (χ3n) is 3.49. The van der Waals surface area contributed by atoms with Gasteiger partial charge in [0.15, 0.2) is 0 Å². The van der Waals surface area contributed by atoms with Gasteiger partial charge in [0.2, 0.25) is 0 Å². The summed E-state index contributed by atoms with van der Waals surface area (Å²) in [4.78, 5) is 6.91. The highest BCUT2D eigenvalue weighted by Gasteiger charge is 2.30. The third-order valence-corrected chi connectivity index (χ3v) is 4.82. The quantitative estimate of drug-likeness (QED) is 0.861. The average Bonchev–Trinajstić information content (AvgIpc) is 2.76. The van der Waals surface area contributed by atoms with Crippen molar-refractivity contribution in [3.8, 4) is 0 Å². The second-order valence-corrected chi connectivity index (χ2v) is 6.18. The first-order valence-corrected chi connectivity index (χ1v) is 7.40. The molecule has 0 radical (unpaired) electrons. The van der Waals surface area contributed by atoms with E-state index >= 15 is 0 Å². The first-order valence-electron chi connectivity index (χ1n) is 5.98. The van der Waals surface area contributed by atoms with Crippen LogP contribution in [0.4, 0.5) is 0 Å². The standard InChI is InChI=1S/C12H19ClN2OS/c1-9(11-14-10(7-13)8-17-11)15-5-3-12(2,16)4-6-15/h8-9,16H,3-7H2,1-2H3. The van der Waals surface area contributed by atoms with Crippen LogP contribution in [0.3, 0.4) is 0 Å². The number of alkyl halides is 1. The van der Waals surface area contributed by atoms with E-state index in [4.69, 9.17) is 11.6 Å². The minimum Gasteiger partial charge on any atom is -0.390 e. The lowest BCUT2D eigenvalue weighted by Crippen LogP contribution is -2.43. The molecular formula is C12H19ClN2OS. The van der Waals surface area contributed by atoms with E-state index in [2.05, 4.69) is 16.8 Å². The Morgan fingerprint density at radius 1 is 1.59 bits per heavy atom. The zero-order valence-electron chi connectivity index (χ0n) is 10.3. The fraction of sp³-hybridized carbons (Fsp3) is 0.750. The highest BCUT2D eigenvalue weighted by molar-refractivity contribution is 7.09. The number of nitrogens with zero attached hydrogens (tertiary/aromatic N) is 2. The lowest BCUT2D eigenvalue weighted by molar-refractivity contribution is -0.0149. The molecule has 1 aliphatic heterocycles. The lowest BCUT2D eigenvalue weighted by atomic mass is 9.93. The van der Waals surface area contributed by atoms with Gasteiger partial charge in [0.1, 0.15) is 5.01 Å². The molecule has 0 spiro atoms. The van der Waals surface area contributed by atoms with Crippen molar-refractivity contribution in [1.29, 1.82) is 0 Å². The predicted octanol–water partition coefficient (Wildman–Crippen LogP) is 2.79. The molecule has 2 rings (SSSR count). The second-order valence-electron chi connectivity index (χ2n) is 5.02. The number of likely N-dealkylation sites (tertiary alicyclic amines) is 1. The van der Waals surface area contributed by atoms with Crippen LogP contribution in [0.2, 0.25) is 0 Å². The summed E-state index contributed by atoms with van der Waals surface area (Å²) in [5.41, 5.74) is 0.475. The Bertz CT molecular complexity index is 370. The SMILES string of the molecule is CC(c1nc(CCl)cs1)N1CCC(C)(O)CC1. The highest BCUT2D eigenvalue weighted by Crippen LogP contribution is 2.30. The van der Waals surface area contributed by atoms with E-state index in [1.807, 2.05) is 12.3 Å². The van der Waals surface area contributed by atoms with Crippen molar-refractivity contribution in [3.63, 3.8) is 0 Å². The van der Waals surface area contributed by atoms with E-state index in [0.717, 1.165) is 36.6 Å². The number of hydrogen-bond acceptors (Lipinski definition) is 4. The van der Waals surface area contributed by atoms with Gasteiger partial charge in [-0.25, -0.2) is 4.98 Å². The maximum atomic E-state index is 9.93. The lowest BCUT2D eigenvalue weighted by Gasteiger charge is -2.38. The molecule has 1 fully saturated rings. The molecule has 0 aromatic carbocycles. The maximum absolute atomic E-state index is 9.93. The van der Waals surface area contributed by atoms with E-state index in [1.54, 1.807) is 11.3 Å². The average molecular weight is 275 g/mol. The summed E-state index contributed by atoms with van der Waals surface area (Å²) in [6.45, 7) is 5.97. The molecule has 96 valence electrons. The molecule has 1 N–H and O–H groups in total. The summed E-state index contributed by atoms with van der Waals surface area (Å²) in [7, 11) is 0.